The number of carbonyl (C=O) groups excluding carboxylic acids is 2. The van der Waals surface area contributed by atoms with Crippen molar-refractivity contribution < 1.29 is 23.2 Å². The van der Waals surface area contributed by atoms with E-state index in [1.807, 2.05) is 0 Å². The second-order valence-corrected chi connectivity index (χ2v) is 8.42. The van der Waals surface area contributed by atoms with Crippen molar-refractivity contribution in [1.82, 2.24) is 29.2 Å². The van der Waals surface area contributed by atoms with E-state index in [1.165, 1.54) is 28.8 Å². The maximum atomic E-state index is 13.6. The van der Waals surface area contributed by atoms with E-state index in [-0.39, 0.29) is 54.9 Å². The molecule has 11 nitrogen and oxygen atoms in total. The fourth-order valence-electron chi connectivity index (χ4n) is 4.27. The third-order valence-corrected chi connectivity index (χ3v) is 6.03. The minimum atomic E-state index is -0.510. The summed E-state index contributed by atoms with van der Waals surface area (Å²) in [6.07, 6.45) is 2.85. The van der Waals surface area contributed by atoms with E-state index < -0.39 is 11.5 Å². The molecule has 4 heterocycles. The van der Waals surface area contributed by atoms with Crippen LogP contribution >= 0.6 is 0 Å². The molecular weight excluding hydrogens is 471 g/mol. The molecule has 0 spiro atoms. The molecule has 1 aliphatic heterocycles. The molecular formula is C24H23FN6O5. The second kappa shape index (κ2) is 9.72. The quantitative estimate of drug-likeness (QED) is 0.374. The average molecular weight is 494 g/mol. The van der Waals surface area contributed by atoms with Gasteiger partial charge < -0.3 is 14.2 Å². The van der Waals surface area contributed by atoms with E-state index in [9.17, 15) is 18.8 Å². The van der Waals surface area contributed by atoms with Gasteiger partial charge in [-0.2, -0.15) is 4.98 Å². The van der Waals surface area contributed by atoms with E-state index in [2.05, 4.69) is 15.2 Å². The van der Waals surface area contributed by atoms with Crippen LogP contribution in [-0.4, -0.2) is 60.8 Å². The first-order valence-electron chi connectivity index (χ1n) is 11.6. The van der Waals surface area contributed by atoms with Crippen molar-refractivity contribution in [2.75, 3.05) is 19.7 Å². The number of benzene rings is 1. The highest BCUT2D eigenvalue weighted by Gasteiger charge is 2.30. The Bertz CT molecular complexity index is 1490. The zero-order valence-corrected chi connectivity index (χ0v) is 19.5. The molecule has 1 aliphatic rings. The molecule has 36 heavy (non-hydrogen) atoms. The van der Waals surface area contributed by atoms with E-state index in [4.69, 9.17) is 9.26 Å². The van der Waals surface area contributed by atoms with Crippen LogP contribution in [0, 0.1) is 11.7 Å². The molecule has 1 fully saturated rings. The monoisotopic (exact) mass is 494 g/mol. The molecule has 1 saturated heterocycles. The SMILES string of the molecule is CCOC(=O)C1CCCN(C(=O)Cn2nc3c(-c4nc(-c5cccc(F)c5)no4)cccn3c2=O)C1. The number of amides is 1. The molecule has 1 unspecified atom stereocenters. The van der Waals surface area contributed by atoms with Crippen LogP contribution in [0.3, 0.4) is 0 Å². The normalized spacial score (nSPS) is 15.8. The number of rotatable bonds is 6. The summed E-state index contributed by atoms with van der Waals surface area (Å²) >= 11 is 0. The van der Waals surface area contributed by atoms with Gasteiger partial charge in [0.2, 0.25) is 11.7 Å². The summed E-state index contributed by atoms with van der Waals surface area (Å²) in [5.41, 5.74) is 0.543. The van der Waals surface area contributed by atoms with E-state index in [1.54, 1.807) is 30.0 Å². The van der Waals surface area contributed by atoms with Crippen LogP contribution in [0.1, 0.15) is 19.8 Å². The minimum Gasteiger partial charge on any atom is -0.466 e. The summed E-state index contributed by atoms with van der Waals surface area (Å²) in [6.45, 7) is 2.48. The van der Waals surface area contributed by atoms with Crippen molar-refractivity contribution in [3.63, 3.8) is 0 Å². The lowest BCUT2D eigenvalue weighted by atomic mass is 9.98. The van der Waals surface area contributed by atoms with Crippen LogP contribution in [0.5, 0.6) is 0 Å². The molecule has 1 amide bonds. The Hall–Kier alpha value is -4.35. The zero-order chi connectivity index (χ0) is 25.2. The Morgan fingerprint density at radius 2 is 2.11 bits per heavy atom. The standard InChI is InChI=1S/C24H23FN6O5/c1-2-35-23(33)16-7-4-10-29(13-16)19(32)14-31-24(34)30-11-5-9-18(21(30)27-31)22-26-20(28-36-22)15-6-3-8-17(25)12-15/h3,5-6,8-9,11-12,16H,2,4,7,10,13-14H2,1H3. The number of nitrogens with zero attached hydrogens (tertiary/aromatic N) is 6. The predicted octanol–water partition coefficient (Wildman–Crippen LogP) is 2.15. The lowest BCUT2D eigenvalue weighted by Gasteiger charge is -2.31. The van der Waals surface area contributed by atoms with Crippen LogP contribution in [0.2, 0.25) is 0 Å². The first kappa shape index (κ1) is 23.4. The Morgan fingerprint density at radius 3 is 2.92 bits per heavy atom. The van der Waals surface area contributed by atoms with Crippen LogP contribution < -0.4 is 5.69 Å². The van der Waals surface area contributed by atoms with Crippen molar-refractivity contribution in [3.05, 3.63) is 58.9 Å². The maximum Gasteiger partial charge on any atom is 0.350 e. The average Bonchev–Trinajstić information content (AvgIpc) is 3.50. The highest BCUT2D eigenvalue weighted by molar-refractivity contribution is 5.78. The van der Waals surface area contributed by atoms with Crippen LogP contribution in [-0.2, 0) is 20.9 Å². The number of pyridine rings is 1. The number of esters is 1. The molecule has 0 saturated carbocycles. The number of halogens is 1. The summed E-state index contributed by atoms with van der Waals surface area (Å²) in [4.78, 5) is 43.9. The third-order valence-electron chi connectivity index (χ3n) is 6.03. The summed E-state index contributed by atoms with van der Waals surface area (Å²) < 4.78 is 26.4. The largest absolute Gasteiger partial charge is 0.466 e. The predicted molar refractivity (Wildman–Crippen MR) is 124 cm³/mol. The van der Waals surface area contributed by atoms with Gasteiger partial charge in [-0.3, -0.25) is 9.59 Å². The topological polar surface area (TPSA) is 125 Å². The molecule has 0 aliphatic carbocycles. The summed E-state index contributed by atoms with van der Waals surface area (Å²) in [7, 11) is 0. The van der Waals surface area contributed by atoms with Crippen LogP contribution in [0.15, 0.2) is 51.9 Å². The molecule has 186 valence electrons. The zero-order valence-electron chi connectivity index (χ0n) is 19.5. The lowest BCUT2D eigenvalue weighted by molar-refractivity contribution is -0.151. The number of piperidine rings is 1. The molecule has 1 aromatic carbocycles. The maximum absolute atomic E-state index is 13.6. The fraction of sp³-hybridized carbons (Fsp3) is 0.333. The number of aromatic nitrogens is 5. The van der Waals surface area contributed by atoms with Crippen molar-refractivity contribution in [2.24, 2.45) is 5.92 Å². The van der Waals surface area contributed by atoms with Crippen molar-refractivity contribution in [1.29, 1.82) is 0 Å². The first-order valence-corrected chi connectivity index (χ1v) is 11.6. The van der Waals surface area contributed by atoms with Gasteiger partial charge >= 0.3 is 11.7 Å². The molecule has 12 heteroatoms. The molecule has 0 bridgehead atoms. The van der Waals surface area contributed by atoms with Gasteiger partial charge in [-0.1, -0.05) is 17.3 Å². The van der Waals surface area contributed by atoms with Gasteiger partial charge in [-0.15, -0.1) is 5.10 Å². The van der Waals surface area contributed by atoms with Gasteiger partial charge in [0.05, 0.1) is 18.1 Å². The second-order valence-electron chi connectivity index (χ2n) is 8.42. The van der Waals surface area contributed by atoms with Gasteiger partial charge in [0.1, 0.15) is 12.4 Å². The molecule has 1 atom stereocenters. The van der Waals surface area contributed by atoms with Gasteiger partial charge in [-0.25, -0.2) is 18.3 Å². The fourth-order valence-corrected chi connectivity index (χ4v) is 4.27. The molecule has 3 aromatic heterocycles. The first-order chi connectivity index (χ1) is 17.4. The van der Waals surface area contributed by atoms with Gasteiger partial charge in [-0.05, 0) is 44.0 Å². The molecule has 5 rings (SSSR count). The van der Waals surface area contributed by atoms with E-state index >= 15 is 0 Å². The minimum absolute atomic E-state index is 0.0941. The Kier molecular flexibility index (Phi) is 6.32. The lowest BCUT2D eigenvalue weighted by Crippen LogP contribution is -2.45. The van der Waals surface area contributed by atoms with E-state index in [0.29, 0.717) is 30.5 Å². The molecule has 4 aromatic rings. The Labute approximate surface area is 204 Å². The van der Waals surface area contributed by atoms with Crippen molar-refractivity contribution in [3.8, 4) is 22.8 Å². The number of hydrogen-bond donors (Lipinski definition) is 0. The van der Waals surface area contributed by atoms with Crippen LogP contribution in [0.4, 0.5) is 4.39 Å². The summed E-state index contributed by atoms with van der Waals surface area (Å²) in [5, 5.41) is 8.25. The number of hydrogen-bond acceptors (Lipinski definition) is 8. The van der Waals surface area contributed by atoms with Crippen molar-refractivity contribution in [2.45, 2.75) is 26.3 Å². The molecule has 0 N–H and O–H groups in total. The van der Waals surface area contributed by atoms with Gasteiger partial charge in [0, 0.05) is 24.8 Å². The summed E-state index contributed by atoms with van der Waals surface area (Å²) in [5.74, 6) is -1.17. The highest BCUT2D eigenvalue weighted by Crippen LogP contribution is 2.25. The Morgan fingerprint density at radius 1 is 1.25 bits per heavy atom. The van der Waals surface area contributed by atoms with Crippen LogP contribution in [0.25, 0.3) is 28.5 Å². The number of carbonyl (C=O) groups is 2. The Balaban J connectivity index is 1.40. The highest BCUT2D eigenvalue weighted by atomic mass is 19.1. The smallest absolute Gasteiger partial charge is 0.350 e. The number of fused-ring (bicyclic) bond motifs is 1. The van der Waals surface area contributed by atoms with Crippen molar-refractivity contribution >= 4 is 17.5 Å². The van der Waals surface area contributed by atoms with E-state index in [0.717, 1.165) is 4.68 Å². The van der Waals surface area contributed by atoms with Gasteiger partial charge in [0.25, 0.3) is 5.89 Å². The number of ether oxygens (including phenoxy) is 1. The molecule has 0 radical (unpaired) electrons. The number of likely N-dealkylation sites (tertiary alicyclic amines) is 1. The van der Waals surface area contributed by atoms with Gasteiger partial charge in [0.15, 0.2) is 5.65 Å². The summed E-state index contributed by atoms with van der Waals surface area (Å²) in [6, 6.07) is 9.07. The third kappa shape index (κ3) is 4.49.